The van der Waals surface area contributed by atoms with Gasteiger partial charge >= 0.3 is 0 Å². The lowest BCUT2D eigenvalue weighted by Gasteiger charge is -2.22. The summed E-state index contributed by atoms with van der Waals surface area (Å²) in [6, 6.07) is 14.1. The van der Waals surface area contributed by atoms with E-state index in [4.69, 9.17) is 0 Å². The molecule has 7 heteroatoms. The number of anilines is 1. The van der Waals surface area contributed by atoms with Gasteiger partial charge in [-0.2, -0.15) is 10.2 Å². The zero-order chi connectivity index (χ0) is 21.8. The fourth-order valence-electron chi connectivity index (χ4n) is 4.01. The second-order valence-corrected chi connectivity index (χ2v) is 8.81. The quantitative estimate of drug-likeness (QED) is 0.379. The second-order valence-electron chi connectivity index (χ2n) is 8.81. The number of amides is 1. The van der Waals surface area contributed by atoms with Crippen LogP contribution in [0.25, 0.3) is 32.9 Å². The molecule has 1 amide bonds. The number of carbonyl (C=O) groups is 1. The highest BCUT2D eigenvalue weighted by Gasteiger charge is 2.23. The van der Waals surface area contributed by atoms with Crippen LogP contribution in [0.3, 0.4) is 0 Å². The van der Waals surface area contributed by atoms with Gasteiger partial charge in [-0.15, -0.1) is 0 Å². The smallest absolute Gasteiger partial charge is 0.273 e. The lowest BCUT2D eigenvalue weighted by atomic mass is 9.99. The predicted octanol–water partition coefficient (Wildman–Crippen LogP) is 5.22. The summed E-state index contributed by atoms with van der Waals surface area (Å²) in [5.74, 6) is -0.199. The van der Waals surface area contributed by atoms with Crippen molar-refractivity contribution >= 4 is 33.4 Å². The molecule has 2 aromatic carbocycles. The van der Waals surface area contributed by atoms with E-state index in [9.17, 15) is 4.79 Å². The Kier molecular flexibility index (Phi) is 4.22. The third kappa shape index (κ3) is 3.28. The molecule has 0 aliphatic rings. The molecule has 0 radical (unpaired) electrons. The number of carbonyl (C=O) groups excluding carboxylic acids is 1. The molecule has 3 heterocycles. The maximum atomic E-state index is 13.3. The normalized spacial score (nSPS) is 12.0. The average Bonchev–Trinajstić information content (AvgIpc) is 3.45. The molecule has 0 bridgehead atoms. The zero-order valence-corrected chi connectivity index (χ0v) is 17.9. The Balaban J connectivity index is 1.61. The standard InChI is InChI=1S/C24H24N6O/c1-14-10-22(30(29-14)24(2,3)4)23(31)27-20-11-15(12-21-18(20)13-26-28-21)16-6-5-7-19-17(16)8-9-25-19/h5-13,25H,1-4H3,(H,26,28)(H,27,31). The summed E-state index contributed by atoms with van der Waals surface area (Å²) < 4.78 is 1.77. The molecule has 0 unspecified atom stereocenters. The Morgan fingerprint density at radius 3 is 2.71 bits per heavy atom. The molecule has 5 rings (SSSR count). The molecular weight excluding hydrogens is 388 g/mol. The van der Waals surface area contributed by atoms with Crippen molar-refractivity contribution in [2.75, 3.05) is 5.32 Å². The summed E-state index contributed by atoms with van der Waals surface area (Å²) in [5, 5.41) is 16.8. The van der Waals surface area contributed by atoms with Crippen LogP contribution < -0.4 is 5.32 Å². The summed E-state index contributed by atoms with van der Waals surface area (Å²) in [6.07, 6.45) is 3.67. The van der Waals surface area contributed by atoms with E-state index >= 15 is 0 Å². The minimum absolute atomic E-state index is 0.199. The molecule has 0 spiro atoms. The van der Waals surface area contributed by atoms with Crippen LogP contribution >= 0.6 is 0 Å². The van der Waals surface area contributed by atoms with Gasteiger partial charge in [-0.3, -0.25) is 14.6 Å². The number of nitrogens with zero attached hydrogens (tertiary/aromatic N) is 3. The van der Waals surface area contributed by atoms with Gasteiger partial charge in [0.1, 0.15) is 5.69 Å². The molecule has 0 aliphatic heterocycles. The monoisotopic (exact) mass is 412 g/mol. The highest BCUT2D eigenvalue weighted by Crippen LogP contribution is 2.34. The molecule has 0 saturated heterocycles. The van der Waals surface area contributed by atoms with Gasteiger partial charge in [0, 0.05) is 22.5 Å². The topological polar surface area (TPSA) is 91.4 Å². The van der Waals surface area contributed by atoms with Gasteiger partial charge in [-0.05, 0) is 69.2 Å². The van der Waals surface area contributed by atoms with Crippen LogP contribution in [0.1, 0.15) is 37.0 Å². The SMILES string of the molecule is Cc1cc(C(=O)Nc2cc(-c3cccc4[nH]ccc34)cc3[nH]ncc23)n(C(C)(C)C)n1. The summed E-state index contributed by atoms with van der Waals surface area (Å²) in [7, 11) is 0. The number of rotatable bonds is 3. The number of nitrogens with one attached hydrogen (secondary N) is 3. The number of aromatic nitrogens is 5. The highest BCUT2D eigenvalue weighted by atomic mass is 16.2. The van der Waals surface area contributed by atoms with Gasteiger partial charge in [-0.1, -0.05) is 12.1 Å². The first kappa shape index (κ1) is 19.1. The fourth-order valence-corrected chi connectivity index (χ4v) is 4.01. The first-order valence-corrected chi connectivity index (χ1v) is 10.2. The molecule has 0 aliphatic carbocycles. The van der Waals surface area contributed by atoms with E-state index < -0.39 is 0 Å². The molecule has 7 nitrogen and oxygen atoms in total. The number of aromatic amines is 2. The number of hydrogen-bond acceptors (Lipinski definition) is 3. The van der Waals surface area contributed by atoms with E-state index in [0.717, 1.165) is 38.6 Å². The van der Waals surface area contributed by atoms with E-state index in [1.165, 1.54) is 0 Å². The molecule has 3 aromatic heterocycles. The minimum atomic E-state index is -0.308. The summed E-state index contributed by atoms with van der Waals surface area (Å²) in [5.41, 5.74) is 5.74. The molecule has 5 aromatic rings. The fraction of sp³-hybridized carbons (Fsp3) is 0.208. The van der Waals surface area contributed by atoms with Gasteiger partial charge in [0.05, 0.1) is 28.6 Å². The second kappa shape index (κ2) is 6.84. The molecule has 31 heavy (non-hydrogen) atoms. The van der Waals surface area contributed by atoms with Gasteiger partial charge < -0.3 is 10.3 Å². The third-order valence-corrected chi connectivity index (χ3v) is 5.41. The number of H-pyrrole nitrogens is 2. The van der Waals surface area contributed by atoms with Crippen LogP contribution in [0, 0.1) is 6.92 Å². The lowest BCUT2D eigenvalue weighted by Crippen LogP contribution is -2.29. The van der Waals surface area contributed by atoms with Gasteiger partial charge in [0.2, 0.25) is 0 Å². The van der Waals surface area contributed by atoms with Crippen molar-refractivity contribution in [2.45, 2.75) is 33.2 Å². The van der Waals surface area contributed by atoms with Crippen LogP contribution in [0.5, 0.6) is 0 Å². The van der Waals surface area contributed by atoms with Crippen molar-refractivity contribution in [1.29, 1.82) is 0 Å². The van der Waals surface area contributed by atoms with Crippen molar-refractivity contribution in [3.63, 3.8) is 0 Å². The van der Waals surface area contributed by atoms with Gasteiger partial charge in [-0.25, -0.2) is 0 Å². The Morgan fingerprint density at radius 2 is 1.90 bits per heavy atom. The van der Waals surface area contributed by atoms with Crippen LogP contribution in [0.2, 0.25) is 0 Å². The van der Waals surface area contributed by atoms with E-state index in [1.54, 1.807) is 10.9 Å². The Bertz CT molecular complexity index is 1430. The highest BCUT2D eigenvalue weighted by molar-refractivity contribution is 6.09. The first-order valence-electron chi connectivity index (χ1n) is 10.2. The minimum Gasteiger partial charge on any atom is -0.361 e. The Morgan fingerprint density at radius 1 is 1.06 bits per heavy atom. The van der Waals surface area contributed by atoms with E-state index in [0.29, 0.717) is 11.4 Å². The molecule has 0 atom stereocenters. The van der Waals surface area contributed by atoms with E-state index in [1.807, 2.05) is 58.2 Å². The molecular formula is C24H24N6O. The molecule has 3 N–H and O–H groups in total. The van der Waals surface area contributed by atoms with Gasteiger partial charge in [0.25, 0.3) is 5.91 Å². The van der Waals surface area contributed by atoms with Crippen molar-refractivity contribution < 1.29 is 4.79 Å². The van der Waals surface area contributed by atoms with Crippen molar-refractivity contribution in [2.24, 2.45) is 0 Å². The average molecular weight is 412 g/mol. The maximum absolute atomic E-state index is 13.3. The van der Waals surface area contributed by atoms with Crippen molar-refractivity contribution in [1.82, 2.24) is 25.0 Å². The number of aryl methyl sites for hydroxylation is 1. The number of fused-ring (bicyclic) bond motifs is 2. The maximum Gasteiger partial charge on any atom is 0.273 e. The van der Waals surface area contributed by atoms with Crippen LogP contribution in [0.4, 0.5) is 5.69 Å². The molecule has 0 fully saturated rings. The summed E-state index contributed by atoms with van der Waals surface area (Å²) in [4.78, 5) is 16.5. The largest absolute Gasteiger partial charge is 0.361 e. The van der Waals surface area contributed by atoms with Crippen molar-refractivity contribution in [3.8, 4) is 11.1 Å². The van der Waals surface area contributed by atoms with E-state index in [2.05, 4.69) is 43.8 Å². The third-order valence-electron chi connectivity index (χ3n) is 5.41. The van der Waals surface area contributed by atoms with Crippen LogP contribution in [-0.4, -0.2) is 30.9 Å². The van der Waals surface area contributed by atoms with Crippen molar-refractivity contribution in [3.05, 3.63) is 66.2 Å². The lowest BCUT2D eigenvalue weighted by molar-refractivity contribution is 0.100. The Labute approximate surface area is 179 Å². The van der Waals surface area contributed by atoms with Crippen LogP contribution in [0.15, 0.2) is 54.9 Å². The molecule has 0 saturated carbocycles. The van der Waals surface area contributed by atoms with E-state index in [-0.39, 0.29) is 11.4 Å². The summed E-state index contributed by atoms with van der Waals surface area (Å²) >= 11 is 0. The van der Waals surface area contributed by atoms with Crippen LogP contribution in [-0.2, 0) is 5.54 Å². The van der Waals surface area contributed by atoms with Gasteiger partial charge in [0.15, 0.2) is 0 Å². The summed E-state index contributed by atoms with van der Waals surface area (Å²) in [6.45, 7) is 7.99. The Hall–Kier alpha value is -3.87. The predicted molar refractivity (Wildman–Crippen MR) is 123 cm³/mol. The number of benzene rings is 2. The zero-order valence-electron chi connectivity index (χ0n) is 17.9. The number of hydrogen-bond donors (Lipinski definition) is 3. The first-order chi connectivity index (χ1) is 14.8. The molecule has 156 valence electrons.